The summed E-state index contributed by atoms with van der Waals surface area (Å²) < 4.78 is 10.1. The van der Waals surface area contributed by atoms with Gasteiger partial charge in [-0.05, 0) is 36.6 Å². The SMILES string of the molecule is COC(=O)CCCC(=O)c1ccc(OCC(C)C)cc1. The molecule has 0 aromatic heterocycles. The van der Waals surface area contributed by atoms with Crippen LogP contribution in [-0.4, -0.2) is 25.5 Å². The molecule has 0 aliphatic carbocycles. The van der Waals surface area contributed by atoms with Crippen LogP contribution in [0.2, 0.25) is 0 Å². The van der Waals surface area contributed by atoms with E-state index in [0.717, 1.165) is 5.75 Å². The molecule has 0 unspecified atom stereocenters. The average molecular weight is 278 g/mol. The summed E-state index contributed by atoms with van der Waals surface area (Å²) in [7, 11) is 1.35. The highest BCUT2D eigenvalue weighted by Crippen LogP contribution is 2.15. The number of methoxy groups -OCH3 is 1. The average Bonchev–Trinajstić information content (AvgIpc) is 2.45. The molecule has 1 rings (SSSR count). The van der Waals surface area contributed by atoms with Crippen LogP contribution in [0, 0.1) is 5.92 Å². The number of benzene rings is 1. The van der Waals surface area contributed by atoms with Crippen molar-refractivity contribution in [3.63, 3.8) is 0 Å². The van der Waals surface area contributed by atoms with Crippen molar-refractivity contribution >= 4 is 11.8 Å². The molecule has 20 heavy (non-hydrogen) atoms. The van der Waals surface area contributed by atoms with Crippen molar-refractivity contribution in [1.82, 2.24) is 0 Å². The van der Waals surface area contributed by atoms with Crippen LogP contribution in [0.5, 0.6) is 5.75 Å². The highest BCUT2D eigenvalue weighted by molar-refractivity contribution is 5.96. The van der Waals surface area contributed by atoms with E-state index in [9.17, 15) is 9.59 Å². The number of rotatable bonds is 8. The van der Waals surface area contributed by atoms with Gasteiger partial charge in [0.25, 0.3) is 0 Å². The third-order valence-electron chi connectivity index (χ3n) is 2.77. The first-order valence-electron chi connectivity index (χ1n) is 6.85. The van der Waals surface area contributed by atoms with Crippen LogP contribution in [0.25, 0.3) is 0 Å². The van der Waals surface area contributed by atoms with Crippen molar-refractivity contribution in [1.29, 1.82) is 0 Å². The number of esters is 1. The van der Waals surface area contributed by atoms with Gasteiger partial charge in [0.15, 0.2) is 5.78 Å². The Morgan fingerprint density at radius 1 is 1.10 bits per heavy atom. The van der Waals surface area contributed by atoms with Gasteiger partial charge in [0.1, 0.15) is 5.75 Å². The van der Waals surface area contributed by atoms with Gasteiger partial charge in [0.2, 0.25) is 0 Å². The predicted octanol–water partition coefficient (Wildman–Crippen LogP) is 3.25. The summed E-state index contributed by atoms with van der Waals surface area (Å²) in [4.78, 5) is 22.9. The summed E-state index contributed by atoms with van der Waals surface area (Å²) in [6.45, 7) is 4.82. The minimum atomic E-state index is -0.282. The molecule has 0 N–H and O–H groups in total. The Labute approximate surface area is 120 Å². The van der Waals surface area contributed by atoms with Crippen molar-refractivity contribution in [2.24, 2.45) is 5.92 Å². The van der Waals surface area contributed by atoms with E-state index in [0.29, 0.717) is 30.9 Å². The molecule has 0 aliphatic heterocycles. The van der Waals surface area contributed by atoms with E-state index in [1.165, 1.54) is 7.11 Å². The number of hydrogen-bond donors (Lipinski definition) is 0. The van der Waals surface area contributed by atoms with Crippen LogP contribution in [0.15, 0.2) is 24.3 Å². The summed E-state index contributed by atoms with van der Waals surface area (Å²) in [5.74, 6) is 0.985. The number of Topliss-reactive ketones (excluding diaryl/α,β-unsaturated/α-hetero) is 1. The number of ketones is 1. The third kappa shape index (κ3) is 5.87. The summed E-state index contributed by atoms with van der Waals surface area (Å²) in [6.07, 6.45) is 1.14. The zero-order valence-electron chi connectivity index (χ0n) is 12.3. The van der Waals surface area contributed by atoms with Gasteiger partial charge in [0.05, 0.1) is 13.7 Å². The molecule has 0 heterocycles. The molecule has 0 bridgehead atoms. The molecule has 0 atom stereocenters. The van der Waals surface area contributed by atoms with Crippen LogP contribution in [-0.2, 0) is 9.53 Å². The lowest BCUT2D eigenvalue weighted by Gasteiger charge is -2.09. The van der Waals surface area contributed by atoms with Crippen LogP contribution < -0.4 is 4.74 Å². The largest absolute Gasteiger partial charge is 0.493 e. The Kier molecular flexibility index (Phi) is 6.77. The minimum Gasteiger partial charge on any atom is -0.493 e. The van der Waals surface area contributed by atoms with E-state index in [4.69, 9.17) is 4.74 Å². The summed E-state index contributed by atoms with van der Waals surface area (Å²) in [5, 5.41) is 0. The van der Waals surface area contributed by atoms with Gasteiger partial charge in [-0.3, -0.25) is 9.59 Å². The Hall–Kier alpha value is -1.84. The molecular weight excluding hydrogens is 256 g/mol. The topological polar surface area (TPSA) is 52.6 Å². The number of carbonyl (C=O) groups excluding carboxylic acids is 2. The first kappa shape index (κ1) is 16.2. The van der Waals surface area contributed by atoms with Crippen LogP contribution in [0.4, 0.5) is 0 Å². The fourth-order valence-electron chi connectivity index (χ4n) is 1.64. The second-order valence-electron chi connectivity index (χ2n) is 5.08. The molecule has 1 aromatic rings. The molecule has 0 spiro atoms. The maximum atomic E-state index is 11.9. The van der Waals surface area contributed by atoms with Crippen molar-refractivity contribution < 1.29 is 19.1 Å². The minimum absolute atomic E-state index is 0.0318. The van der Waals surface area contributed by atoms with Crippen molar-refractivity contribution in [3.05, 3.63) is 29.8 Å². The lowest BCUT2D eigenvalue weighted by atomic mass is 10.1. The maximum Gasteiger partial charge on any atom is 0.305 e. The van der Waals surface area contributed by atoms with E-state index < -0.39 is 0 Å². The van der Waals surface area contributed by atoms with Crippen molar-refractivity contribution in [3.8, 4) is 5.75 Å². The fourth-order valence-corrected chi connectivity index (χ4v) is 1.64. The summed E-state index contributed by atoms with van der Waals surface area (Å²) in [6, 6.07) is 7.12. The number of carbonyl (C=O) groups is 2. The lowest BCUT2D eigenvalue weighted by molar-refractivity contribution is -0.140. The molecule has 0 saturated carbocycles. The van der Waals surface area contributed by atoms with E-state index >= 15 is 0 Å². The van der Waals surface area contributed by atoms with Gasteiger partial charge < -0.3 is 9.47 Å². The highest BCUT2D eigenvalue weighted by Gasteiger charge is 2.08. The van der Waals surface area contributed by atoms with E-state index in [1.54, 1.807) is 24.3 Å². The molecular formula is C16H22O4. The van der Waals surface area contributed by atoms with E-state index in [2.05, 4.69) is 18.6 Å². The molecule has 4 heteroatoms. The van der Waals surface area contributed by atoms with Gasteiger partial charge >= 0.3 is 5.97 Å². The molecule has 0 saturated heterocycles. The van der Waals surface area contributed by atoms with Crippen molar-refractivity contribution in [2.45, 2.75) is 33.1 Å². The Morgan fingerprint density at radius 2 is 1.75 bits per heavy atom. The number of hydrogen-bond acceptors (Lipinski definition) is 4. The molecule has 0 aliphatic rings. The highest BCUT2D eigenvalue weighted by atomic mass is 16.5. The Morgan fingerprint density at radius 3 is 2.30 bits per heavy atom. The quantitative estimate of drug-likeness (QED) is 0.541. The first-order chi connectivity index (χ1) is 9.52. The van der Waals surface area contributed by atoms with Gasteiger partial charge in [-0.25, -0.2) is 0 Å². The Balaban J connectivity index is 2.43. The zero-order chi connectivity index (χ0) is 15.0. The standard InChI is InChI=1S/C16H22O4/c1-12(2)11-20-14-9-7-13(8-10-14)15(17)5-4-6-16(18)19-3/h7-10,12H,4-6,11H2,1-3H3. The van der Waals surface area contributed by atoms with Crippen LogP contribution in [0.3, 0.4) is 0 Å². The molecule has 0 radical (unpaired) electrons. The second kappa shape index (κ2) is 8.35. The van der Waals surface area contributed by atoms with Crippen LogP contribution >= 0.6 is 0 Å². The van der Waals surface area contributed by atoms with E-state index in [-0.39, 0.29) is 18.2 Å². The first-order valence-corrected chi connectivity index (χ1v) is 6.85. The smallest absolute Gasteiger partial charge is 0.305 e. The Bertz CT molecular complexity index is 434. The molecule has 1 aromatic carbocycles. The molecule has 4 nitrogen and oxygen atoms in total. The second-order valence-corrected chi connectivity index (χ2v) is 5.08. The lowest BCUT2D eigenvalue weighted by Crippen LogP contribution is -2.05. The zero-order valence-corrected chi connectivity index (χ0v) is 12.3. The summed E-state index contributed by atoms with van der Waals surface area (Å²) >= 11 is 0. The number of ether oxygens (including phenoxy) is 2. The van der Waals surface area contributed by atoms with Gasteiger partial charge in [0, 0.05) is 18.4 Å². The van der Waals surface area contributed by atoms with Crippen molar-refractivity contribution in [2.75, 3.05) is 13.7 Å². The van der Waals surface area contributed by atoms with Gasteiger partial charge in [-0.2, -0.15) is 0 Å². The monoisotopic (exact) mass is 278 g/mol. The normalized spacial score (nSPS) is 10.4. The maximum absolute atomic E-state index is 11.9. The van der Waals surface area contributed by atoms with Gasteiger partial charge in [-0.15, -0.1) is 0 Å². The molecule has 0 amide bonds. The van der Waals surface area contributed by atoms with Gasteiger partial charge in [-0.1, -0.05) is 13.8 Å². The fraction of sp³-hybridized carbons (Fsp3) is 0.500. The molecule has 0 fully saturated rings. The van der Waals surface area contributed by atoms with Crippen LogP contribution in [0.1, 0.15) is 43.5 Å². The summed E-state index contributed by atoms with van der Waals surface area (Å²) in [5.41, 5.74) is 0.645. The predicted molar refractivity (Wildman–Crippen MR) is 77.0 cm³/mol. The molecule has 110 valence electrons. The third-order valence-corrected chi connectivity index (χ3v) is 2.77. The van der Waals surface area contributed by atoms with E-state index in [1.807, 2.05) is 0 Å².